The van der Waals surface area contributed by atoms with E-state index >= 15 is 0 Å². The highest BCUT2D eigenvalue weighted by molar-refractivity contribution is 5.99. The minimum atomic E-state index is -0.277. The summed E-state index contributed by atoms with van der Waals surface area (Å²) in [7, 11) is 0. The van der Waals surface area contributed by atoms with E-state index in [0.717, 1.165) is 6.42 Å². The van der Waals surface area contributed by atoms with E-state index in [1.165, 1.54) is 6.08 Å². The average Bonchev–Trinajstić information content (AvgIpc) is 2.28. The van der Waals surface area contributed by atoms with Crippen molar-refractivity contribution in [1.29, 1.82) is 5.41 Å². The number of allylic oxidation sites excluding steroid dienone is 1. The van der Waals surface area contributed by atoms with Gasteiger partial charge in [-0.05, 0) is 13.8 Å². The Labute approximate surface area is 106 Å². The summed E-state index contributed by atoms with van der Waals surface area (Å²) in [4.78, 5) is 28.8. The second-order valence-electron chi connectivity index (χ2n) is 4.23. The fourth-order valence-corrected chi connectivity index (χ4v) is 1.53. The molecule has 0 spiro atoms. The molecule has 0 aromatic carbocycles. The first kappa shape index (κ1) is 14.1. The first-order valence-electron chi connectivity index (χ1n) is 5.78. The van der Waals surface area contributed by atoms with Gasteiger partial charge in [-0.1, -0.05) is 0 Å². The molecule has 0 bridgehead atoms. The van der Waals surface area contributed by atoms with Crippen molar-refractivity contribution in [3.8, 4) is 0 Å². The van der Waals surface area contributed by atoms with Crippen LogP contribution in [0.5, 0.6) is 0 Å². The molecule has 6 heteroatoms. The smallest absolute Gasteiger partial charge is 0.249 e. The fourth-order valence-electron chi connectivity index (χ4n) is 1.53. The standard InChI is InChI=1S/C12H18N4O2/c1-9(13)6-11(17)15-10(2)7-12(18)16-5-3-4-14-8-16/h4,7,13H,3,5-6,8H2,1-2H3,(H,15,17). The van der Waals surface area contributed by atoms with Crippen molar-refractivity contribution < 1.29 is 9.59 Å². The maximum atomic E-state index is 11.8. The first-order chi connectivity index (χ1) is 8.49. The Morgan fingerprint density at radius 3 is 2.78 bits per heavy atom. The Bertz CT molecular complexity index is 412. The summed E-state index contributed by atoms with van der Waals surface area (Å²) in [5.41, 5.74) is 0.776. The van der Waals surface area contributed by atoms with Gasteiger partial charge in [0.1, 0.15) is 6.67 Å². The lowest BCUT2D eigenvalue weighted by Crippen LogP contribution is -2.34. The molecule has 0 fully saturated rings. The molecule has 0 aromatic heterocycles. The molecule has 0 atom stereocenters. The van der Waals surface area contributed by atoms with Crippen molar-refractivity contribution in [1.82, 2.24) is 10.2 Å². The molecule has 0 radical (unpaired) electrons. The summed E-state index contributed by atoms with van der Waals surface area (Å²) in [5.74, 6) is -0.433. The Hall–Kier alpha value is -1.98. The molecule has 0 aromatic rings. The molecule has 0 saturated heterocycles. The Morgan fingerprint density at radius 2 is 2.22 bits per heavy atom. The van der Waals surface area contributed by atoms with Crippen LogP contribution in [0.15, 0.2) is 16.8 Å². The molecule has 0 unspecified atom stereocenters. The van der Waals surface area contributed by atoms with Crippen LogP contribution in [0.4, 0.5) is 0 Å². The van der Waals surface area contributed by atoms with E-state index in [4.69, 9.17) is 5.41 Å². The molecule has 2 amide bonds. The van der Waals surface area contributed by atoms with Gasteiger partial charge in [-0.15, -0.1) is 0 Å². The van der Waals surface area contributed by atoms with Gasteiger partial charge < -0.3 is 15.6 Å². The lowest BCUT2D eigenvalue weighted by Gasteiger charge is -2.21. The fraction of sp³-hybridized carbons (Fsp3) is 0.500. The van der Waals surface area contributed by atoms with Crippen LogP contribution in [-0.4, -0.2) is 41.9 Å². The molecule has 2 N–H and O–H groups in total. The number of nitrogens with one attached hydrogen (secondary N) is 2. The highest BCUT2D eigenvalue weighted by Gasteiger charge is 2.12. The lowest BCUT2D eigenvalue weighted by atomic mass is 10.2. The van der Waals surface area contributed by atoms with Crippen molar-refractivity contribution in [2.45, 2.75) is 26.7 Å². The second kappa shape index (κ2) is 6.68. The second-order valence-corrected chi connectivity index (χ2v) is 4.23. The summed E-state index contributed by atoms with van der Waals surface area (Å²) in [6, 6.07) is 0. The monoisotopic (exact) mass is 250 g/mol. The van der Waals surface area contributed by atoms with Gasteiger partial charge in [0.2, 0.25) is 11.8 Å². The molecule has 6 nitrogen and oxygen atoms in total. The van der Waals surface area contributed by atoms with Gasteiger partial charge >= 0.3 is 0 Å². The van der Waals surface area contributed by atoms with Crippen molar-refractivity contribution in [2.24, 2.45) is 4.99 Å². The SMILES string of the molecule is CC(=N)CC(=O)NC(C)=CC(=O)N1CCC=NC1. The number of rotatable bonds is 4. The van der Waals surface area contributed by atoms with Crippen LogP contribution in [0.3, 0.4) is 0 Å². The van der Waals surface area contributed by atoms with Gasteiger partial charge in [-0.25, -0.2) is 0 Å². The summed E-state index contributed by atoms with van der Waals surface area (Å²) >= 11 is 0. The highest BCUT2D eigenvalue weighted by atomic mass is 16.2. The molecule has 1 rings (SSSR count). The summed E-state index contributed by atoms with van der Waals surface area (Å²) in [5, 5.41) is 9.78. The van der Waals surface area contributed by atoms with E-state index < -0.39 is 0 Å². The highest BCUT2D eigenvalue weighted by Crippen LogP contribution is 2.01. The first-order valence-corrected chi connectivity index (χ1v) is 5.78. The van der Waals surface area contributed by atoms with Crippen LogP contribution in [0.25, 0.3) is 0 Å². The quantitative estimate of drug-likeness (QED) is 0.568. The largest absolute Gasteiger partial charge is 0.330 e. The minimum Gasteiger partial charge on any atom is -0.330 e. The van der Waals surface area contributed by atoms with Crippen LogP contribution in [0.1, 0.15) is 26.7 Å². The van der Waals surface area contributed by atoms with Crippen LogP contribution in [0, 0.1) is 5.41 Å². The van der Waals surface area contributed by atoms with E-state index in [9.17, 15) is 9.59 Å². The third-order valence-corrected chi connectivity index (χ3v) is 2.32. The minimum absolute atomic E-state index is 0.0490. The number of hydrogen-bond acceptors (Lipinski definition) is 4. The van der Waals surface area contributed by atoms with Crippen LogP contribution in [0.2, 0.25) is 0 Å². The Morgan fingerprint density at radius 1 is 1.50 bits per heavy atom. The van der Waals surface area contributed by atoms with E-state index in [2.05, 4.69) is 10.3 Å². The van der Waals surface area contributed by atoms with Crippen LogP contribution >= 0.6 is 0 Å². The lowest BCUT2D eigenvalue weighted by molar-refractivity contribution is -0.126. The van der Waals surface area contributed by atoms with Gasteiger partial charge in [-0.2, -0.15) is 0 Å². The molecule has 1 aliphatic rings. The van der Waals surface area contributed by atoms with Gasteiger partial charge in [0.25, 0.3) is 0 Å². The van der Waals surface area contributed by atoms with Crippen molar-refractivity contribution in [3.05, 3.63) is 11.8 Å². The molecule has 1 heterocycles. The molecule has 18 heavy (non-hydrogen) atoms. The molecule has 0 aliphatic carbocycles. The Balaban J connectivity index is 2.49. The van der Waals surface area contributed by atoms with Gasteiger partial charge in [-0.3, -0.25) is 14.6 Å². The maximum Gasteiger partial charge on any atom is 0.249 e. The van der Waals surface area contributed by atoms with E-state index in [1.54, 1.807) is 25.0 Å². The zero-order valence-corrected chi connectivity index (χ0v) is 10.7. The molecular weight excluding hydrogens is 232 g/mol. The number of aliphatic imine (C=N–C) groups is 1. The zero-order valence-electron chi connectivity index (χ0n) is 10.7. The van der Waals surface area contributed by atoms with E-state index in [-0.39, 0.29) is 23.9 Å². The molecule has 1 aliphatic heterocycles. The topological polar surface area (TPSA) is 85.6 Å². The number of nitrogens with zero attached hydrogens (tertiary/aromatic N) is 2. The van der Waals surface area contributed by atoms with E-state index in [0.29, 0.717) is 18.9 Å². The summed E-state index contributed by atoms with van der Waals surface area (Å²) in [6.07, 6.45) is 4.00. The van der Waals surface area contributed by atoms with Crippen LogP contribution < -0.4 is 5.32 Å². The zero-order chi connectivity index (χ0) is 13.5. The van der Waals surface area contributed by atoms with Gasteiger partial charge in [0.15, 0.2) is 0 Å². The predicted octanol–water partition coefficient (Wildman–Crippen LogP) is 0.697. The number of amides is 2. The van der Waals surface area contributed by atoms with Crippen LogP contribution in [-0.2, 0) is 9.59 Å². The normalized spacial score (nSPS) is 15.4. The number of hydrogen-bond donors (Lipinski definition) is 2. The van der Waals surface area contributed by atoms with Crippen molar-refractivity contribution >= 4 is 23.7 Å². The van der Waals surface area contributed by atoms with Crippen molar-refractivity contribution in [2.75, 3.05) is 13.2 Å². The number of carbonyl (C=O) groups excluding carboxylic acids is 2. The predicted molar refractivity (Wildman–Crippen MR) is 69.6 cm³/mol. The maximum absolute atomic E-state index is 11.8. The summed E-state index contributed by atoms with van der Waals surface area (Å²) < 4.78 is 0. The molecular formula is C12H18N4O2. The Kier molecular flexibility index (Phi) is 5.23. The molecule has 98 valence electrons. The third-order valence-electron chi connectivity index (χ3n) is 2.32. The number of carbonyl (C=O) groups is 2. The average molecular weight is 250 g/mol. The van der Waals surface area contributed by atoms with Gasteiger partial charge in [0.05, 0.1) is 6.42 Å². The van der Waals surface area contributed by atoms with Gasteiger partial charge in [0, 0.05) is 36.7 Å². The van der Waals surface area contributed by atoms with Crippen molar-refractivity contribution in [3.63, 3.8) is 0 Å². The molecule has 0 saturated carbocycles. The third kappa shape index (κ3) is 4.90. The van der Waals surface area contributed by atoms with E-state index in [1.807, 2.05) is 0 Å². The summed E-state index contributed by atoms with van der Waals surface area (Å²) in [6.45, 7) is 4.24.